The maximum absolute atomic E-state index is 13.4. The van der Waals surface area contributed by atoms with E-state index in [1.165, 1.54) is 6.07 Å². The van der Waals surface area contributed by atoms with Crippen LogP contribution in [0, 0.1) is 5.92 Å². The molecule has 0 saturated carbocycles. The fourth-order valence-electron chi connectivity index (χ4n) is 3.81. The lowest BCUT2D eigenvalue weighted by Gasteiger charge is -2.33. The van der Waals surface area contributed by atoms with Gasteiger partial charge in [-0.25, -0.2) is 4.79 Å². The molecule has 0 aliphatic carbocycles. The Balaban J connectivity index is 1.68. The summed E-state index contributed by atoms with van der Waals surface area (Å²) in [6.07, 6.45) is 4.82. The minimum Gasteiger partial charge on any atom is -0.491 e. The van der Waals surface area contributed by atoms with Crippen LogP contribution < -0.4 is 4.74 Å². The molecule has 8 heteroatoms. The molecule has 1 N–H and O–H groups in total. The van der Waals surface area contributed by atoms with Gasteiger partial charge in [0.05, 0.1) is 18.2 Å². The van der Waals surface area contributed by atoms with E-state index >= 15 is 0 Å². The highest BCUT2D eigenvalue weighted by Gasteiger charge is 2.34. The van der Waals surface area contributed by atoms with Gasteiger partial charge in [-0.2, -0.15) is 5.26 Å². The molecular weight excluding hydrogens is 376 g/mol. The number of amides is 1. The summed E-state index contributed by atoms with van der Waals surface area (Å²) in [5.74, 6) is -0.394. The maximum atomic E-state index is 13.4. The third-order valence-electron chi connectivity index (χ3n) is 5.42. The number of benzene rings is 1. The first-order chi connectivity index (χ1) is 14.2. The van der Waals surface area contributed by atoms with Crippen LogP contribution in [0.2, 0.25) is 0 Å². The Hall–Kier alpha value is -2.97. The lowest BCUT2D eigenvalue weighted by Crippen LogP contribution is -2.41. The van der Waals surface area contributed by atoms with Crippen molar-refractivity contribution < 1.29 is 29.2 Å². The van der Waals surface area contributed by atoms with E-state index in [0.717, 1.165) is 11.1 Å². The van der Waals surface area contributed by atoms with Gasteiger partial charge in [-0.1, -0.05) is 12.1 Å². The van der Waals surface area contributed by atoms with Crippen molar-refractivity contribution in [2.45, 2.75) is 25.4 Å². The van der Waals surface area contributed by atoms with Gasteiger partial charge in [0.25, 0.3) is 0 Å². The van der Waals surface area contributed by atoms with E-state index in [1.807, 2.05) is 17.0 Å². The van der Waals surface area contributed by atoms with E-state index in [9.17, 15) is 9.59 Å². The van der Waals surface area contributed by atoms with E-state index < -0.39 is 5.97 Å². The molecule has 1 atom stereocenters. The van der Waals surface area contributed by atoms with Crippen LogP contribution in [-0.2, 0) is 21.0 Å². The number of pyridine rings is 1. The molecule has 2 aliphatic rings. The number of rotatable bonds is 3. The molecule has 152 valence electrons. The molecule has 1 aromatic heterocycles. The van der Waals surface area contributed by atoms with Gasteiger partial charge in [-0.15, -0.1) is 0 Å². The standard InChI is InChI=1S/C21H22N2O6/c24-20(14-5-8-27-9-6-14)23-12-17-4-3-15(21(25)29-26)10-19(17)28-13-18(23)16-2-1-7-22-11-16/h1-4,7,10-11,14,18,26H,5-6,8-9,12-13H2/t18-/m1/s1. The predicted molar refractivity (Wildman–Crippen MR) is 101 cm³/mol. The molecule has 2 aromatic rings. The molecule has 3 heterocycles. The van der Waals surface area contributed by atoms with Crippen molar-refractivity contribution in [3.63, 3.8) is 0 Å². The van der Waals surface area contributed by atoms with Crippen LogP contribution in [0.4, 0.5) is 0 Å². The fraction of sp³-hybridized carbons (Fsp3) is 0.381. The average molecular weight is 398 g/mol. The Morgan fingerprint density at radius 3 is 2.76 bits per heavy atom. The first-order valence-electron chi connectivity index (χ1n) is 9.57. The first kappa shape index (κ1) is 19.4. The number of hydrogen-bond acceptors (Lipinski definition) is 7. The topological polar surface area (TPSA) is 98.2 Å². The largest absolute Gasteiger partial charge is 0.491 e. The number of carbonyl (C=O) groups excluding carboxylic acids is 2. The molecular formula is C21H22N2O6. The summed E-state index contributed by atoms with van der Waals surface area (Å²) in [7, 11) is 0. The molecule has 0 bridgehead atoms. The zero-order chi connectivity index (χ0) is 20.2. The van der Waals surface area contributed by atoms with Gasteiger partial charge < -0.3 is 14.4 Å². The lowest BCUT2D eigenvalue weighted by molar-refractivity contribution is -0.182. The van der Waals surface area contributed by atoms with Crippen molar-refractivity contribution in [3.05, 3.63) is 59.4 Å². The molecule has 1 saturated heterocycles. The highest BCUT2D eigenvalue weighted by atomic mass is 17.1. The molecule has 0 radical (unpaired) electrons. The van der Waals surface area contributed by atoms with Gasteiger partial charge in [0.2, 0.25) is 5.91 Å². The monoisotopic (exact) mass is 398 g/mol. The van der Waals surface area contributed by atoms with Crippen LogP contribution in [0.1, 0.15) is 40.4 Å². The Morgan fingerprint density at radius 1 is 1.21 bits per heavy atom. The summed E-state index contributed by atoms with van der Waals surface area (Å²) in [5.41, 5.74) is 1.84. The maximum Gasteiger partial charge on any atom is 0.372 e. The molecule has 0 spiro atoms. The molecule has 8 nitrogen and oxygen atoms in total. The third kappa shape index (κ3) is 4.08. The summed E-state index contributed by atoms with van der Waals surface area (Å²) >= 11 is 0. The molecule has 4 rings (SSSR count). The van der Waals surface area contributed by atoms with E-state index in [0.29, 0.717) is 38.3 Å². The summed E-state index contributed by atoms with van der Waals surface area (Å²) in [6, 6.07) is 8.24. The third-order valence-corrected chi connectivity index (χ3v) is 5.42. The lowest BCUT2D eigenvalue weighted by atomic mass is 9.96. The number of nitrogens with zero attached hydrogens (tertiary/aromatic N) is 2. The minimum absolute atomic E-state index is 0.0671. The normalized spacial score (nSPS) is 19.6. The number of carbonyl (C=O) groups is 2. The number of ether oxygens (including phenoxy) is 2. The van der Waals surface area contributed by atoms with E-state index in [-0.39, 0.29) is 30.0 Å². The molecule has 29 heavy (non-hydrogen) atoms. The second-order valence-electron chi connectivity index (χ2n) is 7.17. The summed E-state index contributed by atoms with van der Waals surface area (Å²) in [6.45, 7) is 1.74. The SMILES string of the molecule is O=C(OO)c1ccc2c(c1)OC[C@H](c1cccnc1)N(C(=O)C1CCOCC1)C2. The van der Waals surface area contributed by atoms with Crippen molar-refractivity contribution >= 4 is 11.9 Å². The van der Waals surface area contributed by atoms with Gasteiger partial charge in [0.15, 0.2) is 0 Å². The highest BCUT2D eigenvalue weighted by molar-refractivity contribution is 5.89. The Kier molecular flexibility index (Phi) is 5.73. The highest BCUT2D eigenvalue weighted by Crippen LogP contribution is 2.34. The Labute approximate surface area is 167 Å². The number of hydrogen-bond donors (Lipinski definition) is 1. The molecule has 1 amide bonds. The Morgan fingerprint density at radius 2 is 2.03 bits per heavy atom. The van der Waals surface area contributed by atoms with Crippen molar-refractivity contribution in [2.24, 2.45) is 5.92 Å². The van der Waals surface area contributed by atoms with Crippen LogP contribution in [0.5, 0.6) is 5.75 Å². The molecule has 1 fully saturated rings. The summed E-state index contributed by atoms with van der Waals surface area (Å²) < 4.78 is 11.4. The van der Waals surface area contributed by atoms with Crippen molar-refractivity contribution in [1.82, 2.24) is 9.88 Å². The van der Waals surface area contributed by atoms with Gasteiger partial charge in [-0.3, -0.25) is 14.7 Å². The molecule has 2 aliphatic heterocycles. The van der Waals surface area contributed by atoms with Crippen LogP contribution in [0.25, 0.3) is 0 Å². The van der Waals surface area contributed by atoms with Crippen molar-refractivity contribution in [1.29, 1.82) is 0 Å². The van der Waals surface area contributed by atoms with Crippen LogP contribution in [0.15, 0.2) is 42.7 Å². The van der Waals surface area contributed by atoms with Gasteiger partial charge in [0.1, 0.15) is 12.4 Å². The smallest absolute Gasteiger partial charge is 0.372 e. The second kappa shape index (κ2) is 8.59. The minimum atomic E-state index is -0.861. The fourth-order valence-corrected chi connectivity index (χ4v) is 3.81. The zero-order valence-electron chi connectivity index (χ0n) is 15.8. The molecule has 0 unspecified atom stereocenters. The van der Waals surface area contributed by atoms with Crippen LogP contribution >= 0.6 is 0 Å². The summed E-state index contributed by atoms with van der Waals surface area (Å²) in [5, 5.41) is 8.64. The summed E-state index contributed by atoms with van der Waals surface area (Å²) in [4.78, 5) is 34.9. The zero-order valence-corrected chi connectivity index (χ0v) is 15.8. The number of aromatic nitrogens is 1. The van der Waals surface area contributed by atoms with Gasteiger partial charge in [0, 0.05) is 37.1 Å². The van der Waals surface area contributed by atoms with E-state index in [1.54, 1.807) is 24.5 Å². The second-order valence-corrected chi connectivity index (χ2v) is 7.17. The Bertz CT molecular complexity index is 882. The molecule has 1 aromatic carbocycles. The van der Waals surface area contributed by atoms with Gasteiger partial charge >= 0.3 is 5.97 Å². The van der Waals surface area contributed by atoms with Crippen LogP contribution in [0.3, 0.4) is 0 Å². The first-order valence-corrected chi connectivity index (χ1v) is 9.57. The van der Waals surface area contributed by atoms with Crippen LogP contribution in [-0.4, -0.2) is 46.8 Å². The average Bonchev–Trinajstić information content (AvgIpc) is 2.98. The number of fused-ring (bicyclic) bond motifs is 1. The van der Waals surface area contributed by atoms with E-state index in [4.69, 9.17) is 14.7 Å². The van der Waals surface area contributed by atoms with Gasteiger partial charge in [-0.05, 0) is 36.6 Å². The van der Waals surface area contributed by atoms with Crippen molar-refractivity contribution in [2.75, 3.05) is 19.8 Å². The van der Waals surface area contributed by atoms with E-state index in [2.05, 4.69) is 9.87 Å². The predicted octanol–water partition coefficient (Wildman–Crippen LogP) is 2.60. The van der Waals surface area contributed by atoms with Crippen molar-refractivity contribution in [3.8, 4) is 5.75 Å². The quantitative estimate of drug-likeness (QED) is 0.627.